The number of alkyl halides is 3. The monoisotopic (exact) mass is 420 g/mol. The fourth-order valence-electron chi connectivity index (χ4n) is 4.03. The topological polar surface area (TPSA) is 66.5 Å². The predicted octanol–water partition coefficient (Wildman–Crippen LogP) is 3.87. The van der Waals surface area contributed by atoms with Gasteiger partial charge in [0.15, 0.2) is 0 Å². The summed E-state index contributed by atoms with van der Waals surface area (Å²) in [5, 5.41) is 6.11. The summed E-state index contributed by atoms with van der Waals surface area (Å²) < 4.78 is 44.1. The second-order valence-corrected chi connectivity index (χ2v) is 7.59. The predicted molar refractivity (Wildman–Crippen MR) is 103 cm³/mol. The van der Waals surface area contributed by atoms with Crippen LogP contribution in [0.4, 0.5) is 13.2 Å². The molecule has 6 nitrogen and oxygen atoms in total. The van der Waals surface area contributed by atoms with Gasteiger partial charge in [0.05, 0.1) is 12.8 Å². The van der Waals surface area contributed by atoms with Crippen LogP contribution in [0.5, 0.6) is 0 Å². The standard InChI is InChI=1S/C21H23F3N4O2/c1-30-17-10-19-26-15(13-6-3-2-4-7-13)11-28(19)12-16(17)27-20(29)14-8-5-9-18(25-14)21(22,23)24/h5,8-13,19,26H,2-4,6-7H2,1H3,(H,27,29). The Labute approximate surface area is 172 Å². The molecule has 1 aliphatic carbocycles. The zero-order chi connectivity index (χ0) is 21.3. The first-order valence-corrected chi connectivity index (χ1v) is 9.94. The van der Waals surface area contributed by atoms with E-state index in [0.717, 1.165) is 30.7 Å². The number of allylic oxidation sites excluding steroid dienone is 1. The Balaban J connectivity index is 1.52. The summed E-state index contributed by atoms with van der Waals surface area (Å²) in [6, 6.07) is 3.23. The molecule has 1 atom stereocenters. The minimum atomic E-state index is -4.62. The minimum absolute atomic E-state index is 0.121. The average Bonchev–Trinajstić information content (AvgIpc) is 3.16. The molecule has 0 radical (unpaired) electrons. The third kappa shape index (κ3) is 4.15. The largest absolute Gasteiger partial charge is 0.495 e. The quantitative estimate of drug-likeness (QED) is 0.774. The summed E-state index contributed by atoms with van der Waals surface area (Å²) in [7, 11) is 1.48. The van der Waals surface area contributed by atoms with Crippen LogP contribution in [-0.2, 0) is 10.9 Å². The Kier molecular flexibility index (Phi) is 5.44. The lowest BCUT2D eigenvalue weighted by Crippen LogP contribution is -2.38. The summed E-state index contributed by atoms with van der Waals surface area (Å²) in [5.74, 6) is 0.184. The summed E-state index contributed by atoms with van der Waals surface area (Å²) >= 11 is 0. The lowest BCUT2D eigenvalue weighted by atomic mass is 9.87. The smallest absolute Gasteiger partial charge is 0.433 e. The molecule has 9 heteroatoms. The Bertz CT molecular complexity index is 917. The molecule has 1 amide bonds. The summed E-state index contributed by atoms with van der Waals surface area (Å²) in [4.78, 5) is 17.9. The van der Waals surface area contributed by atoms with E-state index >= 15 is 0 Å². The number of carbonyl (C=O) groups is 1. The fraction of sp³-hybridized carbons (Fsp3) is 0.429. The lowest BCUT2D eigenvalue weighted by molar-refractivity contribution is -0.141. The molecule has 2 N–H and O–H groups in total. The van der Waals surface area contributed by atoms with Crippen LogP contribution in [0.15, 0.2) is 53.8 Å². The molecule has 0 saturated heterocycles. The van der Waals surface area contributed by atoms with Crippen molar-refractivity contribution in [1.82, 2.24) is 20.5 Å². The van der Waals surface area contributed by atoms with Crippen molar-refractivity contribution < 1.29 is 22.7 Å². The van der Waals surface area contributed by atoms with E-state index in [-0.39, 0.29) is 11.9 Å². The molecule has 3 aliphatic rings. The van der Waals surface area contributed by atoms with Crippen molar-refractivity contribution in [3.63, 3.8) is 0 Å². The molecular formula is C21H23F3N4O2. The highest BCUT2D eigenvalue weighted by atomic mass is 19.4. The van der Waals surface area contributed by atoms with Crippen molar-refractivity contribution in [3.05, 3.63) is 65.2 Å². The molecule has 1 aromatic rings. The molecule has 1 unspecified atom stereocenters. The number of nitrogens with one attached hydrogen (secondary N) is 2. The number of fused-ring (bicyclic) bond motifs is 1. The van der Waals surface area contributed by atoms with E-state index in [1.54, 1.807) is 6.20 Å². The van der Waals surface area contributed by atoms with Gasteiger partial charge in [-0.15, -0.1) is 0 Å². The second kappa shape index (κ2) is 8.04. The van der Waals surface area contributed by atoms with Gasteiger partial charge in [0.2, 0.25) is 0 Å². The van der Waals surface area contributed by atoms with E-state index in [1.165, 1.54) is 32.4 Å². The van der Waals surface area contributed by atoms with E-state index in [0.29, 0.717) is 17.4 Å². The second-order valence-electron chi connectivity index (χ2n) is 7.59. The number of hydrogen-bond acceptors (Lipinski definition) is 5. The molecule has 0 aromatic carbocycles. The van der Waals surface area contributed by atoms with Crippen LogP contribution >= 0.6 is 0 Å². The maximum absolute atomic E-state index is 12.9. The highest BCUT2D eigenvalue weighted by molar-refractivity contribution is 5.93. The third-order valence-electron chi connectivity index (χ3n) is 5.56. The molecule has 0 spiro atoms. The van der Waals surface area contributed by atoms with Crippen molar-refractivity contribution in [2.75, 3.05) is 7.11 Å². The zero-order valence-corrected chi connectivity index (χ0v) is 16.5. The van der Waals surface area contributed by atoms with Gasteiger partial charge in [0.25, 0.3) is 5.91 Å². The van der Waals surface area contributed by atoms with E-state index in [4.69, 9.17) is 4.74 Å². The van der Waals surface area contributed by atoms with Crippen molar-refractivity contribution in [2.24, 2.45) is 5.92 Å². The molecule has 0 bridgehead atoms. The van der Waals surface area contributed by atoms with E-state index in [1.807, 2.05) is 17.2 Å². The first-order valence-electron chi connectivity index (χ1n) is 9.94. The molecule has 2 aliphatic heterocycles. The number of nitrogens with zero attached hydrogens (tertiary/aromatic N) is 2. The van der Waals surface area contributed by atoms with Crippen LogP contribution in [0, 0.1) is 5.92 Å². The summed E-state index contributed by atoms with van der Waals surface area (Å²) in [5.41, 5.74) is 0.0936. The maximum Gasteiger partial charge on any atom is 0.433 e. The zero-order valence-electron chi connectivity index (χ0n) is 16.5. The van der Waals surface area contributed by atoms with E-state index in [2.05, 4.69) is 15.6 Å². The minimum Gasteiger partial charge on any atom is -0.495 e. The molecule has 160 valence electrons. The van der Waals surface area contributed by atoms with Gasteiger partial charge >= 0.3 is 6.18 Å². The van der Waals surface area contributed by atoms with E-state index in [9.17, 15) is 18.0 Å². The summed E-state index contributed by atoms with van der Waals surface area (Å²) in [6.45, 7) is 0. The SMILES string of the molecule is COC1=CC2NC(C3CCCCC3)=CN2C=C1NC(=O)c1cccc(C(F)(F)F)n1. The maximum atomic E-state index is 12.9. The molecule has 30 heavy (non-hydrogen) atoms. The van der Waals surface area contributed by atoms with Gasteiger partial charge in [-0.3, -0.25) is 4.79 Å². The van der Waals surface area contributed by atoms with Crippen molar-refractivity contribution in [1.29, 1.82) is 0 Å². The van der Waals surface area contributed by atoms with Gasteiger partial charge in [0, 0.05) is 30.1 Å². The number of methoxy groups -OCH3 is 1. The number of carbonyl (C=O) groups excluding carboxylic acids is 1. The van der Waals surface area contributed by atoms with Crippen molar-refractivity contribution >= 4 is 5.91 Å². The molecule has 1 saturated carbocycles. The number of halogens is 3. The average molecular weight is 420 g/mol. The third-order valence-corrected chi connectivity index (χ3v) is 5.56. The van der Waals surface area contributed by atoms with Crippen LogP contribution in [0.3, 0.4) is 0 Å². The molecular weight excluding hydrogens is 397 g/mol. The lowest BCUT2D eigenvalue weighted by Gasteiger charge is -2.28. The van der Waals surface area contributed by atoms with Crippen LogP contribution < -0.4 is 10.6 Å². The van der Waals surface area contributed by atoms with Gasteiger partial charge in [-0.2, -0.15) is 13.2 Å². The number of pyridine rings is 1. The molecule has 1 fully saturated rings. The van der Waals surface area contributed by atoms with Gasteiger partial charge in [-0.1, -0.05) is 25.3 Å². The number of amides is 1. The van der Waals surface area contributed by atoms with Crippen LogP contribution in [0.1, 0.15) is 48.3 Å². The van der Waals surface area contributed by atoms with Crippen molar-refractivity contribution in [3.8, 4) is 0 Å². The molecule has 4 rings (SSSR count). The van der Waals surface area contributed by atoms with Crippen LogP contribution in [0.25, 0.3) is 0 Å². The Morgan fingerprint density at radius 3 is 2.70 bits per heavy atom. The van der Waals surface area contributed by atoms with Crippen LogP contribution in [-0.4, -0.2) is 29.1 Å². The highest BCUT2D eigenvalue weighted by Gasteiger charge is 2.34. The van der Waals surface area contributed by atoms with Gasteiger partial charge in [-0.05, 0) is 25.0 Å². The highest BCUT2D eigenvalue weighted by Crippen LogP contribution is 2.33. The fourth-order valence-corrected chi connectivity index (χ4v) is 4.03. The first-order chi connectivity index (χ1) is 14.3. The normalized spacial score (nSPS) is 21.8. The van der Waals surface area contributed by atoms with Crippen LogP contribution in [0.2, 0.25) is 0 Å². The molecule has 3 heterocycles. The Morgan fingerprint density at radius 2 is 2.00 bits per heavy atom. The van der Waals surface area contributed by atoms with Gasteiger partial charge < -0.3 is 20.3 Å². The first kappa shape index (κ1) is 20.3. The number of ether oxygens (including phenoxy) is 1. The Morgan fingerprint density at radius 1 is 1.23 bits per heavy atom. The number of hydrogen-bond donors (Lipinski definition) is 2. The van der Waals surface area contributed by atoms with Crippen molar-refractivity contribution in [2.45, 2.75) is 44.4 Å². The molecule has 1 aromatic heterocycles. The van der Waals surface area contributed by atoms with Gasteiger partial charge in [0.1, 0.15) is 23.3 Å². The summed E-state index contributed by atoms with van der Waals surface area (Å²) in [6.07, 6.45) is 6.84. The van der Waals surface area contributed by atoms with Gasteiger partial charge in [-0.25, -0.2) is 4.98 Å². The van der Waals surface area contributed by atoms with E-state index < -0.39 is 17.8 Å². The number of rotatable bonds is 4. The number of aromatic nitrogens is 1. The Hall–Kier alpha value is -2.97.